The number of ether oxygens (including phenoxy) is 1. The molecule has 1 aromatic heterocycles. The molecule has 6 nitrogen and oxygen atoms in total. The van der Waals surface area contributed by atoms with Gasteiger partial charge in [0.1, 0.15) is 5.82 Å². The first-order valence-corrected chi connectivity index (χ1v) is 9.88. The lowest BCUT2D eigenvalue weighted by Crippen LogP contribution is -2.32. The molecule has 0 saturated carbocycles. The number of aromatic nitrogens is 3. The van der Waals surface area contributed by atoms with Crippen LogP contribution in [0.4, 0.5) is 0 Å². The number of hydrogen-bond acceptors (Lipinski definition) is 4. The largest absolute Gasteiger partial charge is 0.376 e. The maximum absolute atomic E-state index is 13.1. The van der Waals surface area contributed by atoms with Gasteiger partial charge in [0.05, 0.1) is 18.3 Å². The van der Waals surface area contributed by atoms with Crippen molar-refractivity contribution in [2.45, 2.75) is 51.2 Å². The van der Waals surface area contributed by atoms with Gasteiger partial charge in [0, 0.05) is 13.0 Å². The lowest BCUT2D eigenvalue weighted by molar-refractivity contribution is 0.00327. The second-order valence-corrected chi connectivity index (χ2v) is 7.44. The predicted octanol–water partition coefficient (Wildman–Crippen LogP) is 2.15. The average molecular weight is 356 g/mol. The van der Waals surface area contributed by atoms with Gasteiger partial charge in [0.15, 0.2) is 0 Å². The Bertz CT molecular complexity index is 756. The maximum atomic E-state index is 13.1. The van der Waals surface area contributed by atoms with Gasteiger partial charge >= 0.3 is 5.69 Å². The monoisotopic (exact) mass is 356 g/mol. The molecule has 2 aliphatic rings. The molecule has 1 aromatic carbocycles. The van der Waals surface area contributed by atoms with E-state index in [-0.39, 0.29) is 11.8 Å². The highest BCUT2D eigenvalue weighted by atomic mass is 16.5. The van der Waals surface area contributed by atoms with E-state index >= 15 is 0 Å². The van der Waals surface area contributed by atoms with Gasteiger partial charge in [-0.05, 0) is 63.2 Å². The molecule has 2 fully saturated rings. The maximum Gasteiger partial charge on any atom is 0.350 e. The standard InChI is InChI=1S/C20H28N4O2/c25-20-23(15-18-8-4-5-13-26-18)22-19(14-16-9-11-21-12-10-16)24(20)17-6-2-1-3-7-17/h1-3,6-7,16,18,21H,4-5,8-15H2/t18-/m1/s1. The van der Waals surface area contributed by atoms with E-state index in [0.717, 1.165) is 63.3 Å². The SMILES string of the molecule is O=c1n(C[C@H]2CCCCO2)nc(CC2CCNCC2)n1-c1ccccc1. The normalized spacial score (nSPS) is 21.8. The first-order valence-electron chi connectivity index (χ1n) is 9.88. The summed E-state index contributed by atoms with van der Waals surface area (Å²) in [5.74, 6) is 1.46. The van der Waals surface area contributed by atoms with E-state index in [1.54, 1.807) is 9.25 Å². The molecule has 0 aliphatic carbocycles. The molecule has 0 bridgehead atoms. The molecule has 4 rings (SSSR count). The molecule has 0 radical (unpaired) electrons. The van der Waals surface area contributed by atoms with Crippen molar-refractivity contribution in [3.63, 3.8) is 0 Å². The van der Waals surface area contributed by atoms with Gasteiger partial charge in [-0.2, -0.15) is 5.10 Å². The third-order valence-corrected chi connectivity index (χ3v) is 5.50. The highest BCUT2D eigenvalue weighted by Gasteiger charge is 2.23. The van der Waals surface area contributed by atoms with Gasteiger partial charge in [-0.25, -0.2) is 14.0 Å². The Balaban J connectivity index is 1.63. The van der Waals surface area contributed by atoms with Crippen LogP contribution < -0.4 is 11.0 Å². The minimum atomic E-state index is -0.0469. The molecule has 0 amide bonds. The van der Waals surface area contributed by atoms with Crippen LogP contribution in [0.2, 0.25) is 0 Å². The highest BCUT2D eigenvalue weighted by Crippen LogP contribution is 2.19. The van der Waals surface area contributed by atoms with Crippen LogP contribution in [0.5, 0.6) is 0 Å². The summed E-state index contributed by atoms with van der Waals surface area (Å²) in [4.78, 5) is 13.1. The van der Waals surface area contributed by atoms with Crippen molar-refractivity contribution in [1.29, 1.82) is 0 Å². The minimum Gasteiger partial charge on any atom is -0.376 e. The fraction of sp³-hybridized carbons (Fsp3) is 0.600. The van der Waals surface area contributed by atoms with Gasteiger partial charge in [0.2, 0.25) is 0 Å². The molecule has 2 aromatic rings. The molecule has 140 valence electrons. The summed E-state index contributed by atoms with van der Waals surface area (Å²) < 4.78 is 9.25. The van der Waals surface area contributed by atoms with Gasteiger partial charge in [-0.15, -0.1) is 0 Å². The lowest BCUT2D eigenvalue weighted by atomic mass is 9.94. The zero-order valence-electron chi connectivity index (χ0n) is 15.3. The van der Waals surface area contributed by atoms with Crippen molar-refractivity contribution in [1.82, 2.24) is 19.7 Å². The van der Waals surface area contributed by atoms with Crippen LogP contribution in [-0.2, 0) is 17.7 Å². The second kappa shape index (κ2) is 8.18. The van der Waals surface area contributed by atoms with Gasteiger partial charge < -0.3 is 10.1 Å². The number of nitrogens with one attached hydrogen (secondary N) is 1. The summed E-state index contributed by atoms with van der Waals surface area (Å²) in [6.07, 6.45) is 6.53. The smallest absolute Gasteiger partial charge is 0.350 e. The third-order valence-electron chi connectivity index (χ3n) is 5.50. The molecule has 1 atom stereocenters. The number of para-hydroxylation sites is 1. The molecule has 2 saturated heterocycles. The number of benzene rings is 1. The van der Waals surface area contributed by atoms with Crippen LogP contribution in [0.15, 0.2) is 35.1 Å². The van der Waals surface area contributed by atoms with Crippen LogP contribution in [0.1, 0.15) is 37.9 Å². The Morgan fingerprint density at radius 2 is 1.92 bits per heavy atom. The van der Waals surface area contributed by atoms with Crippen molar-refractivity contribution in [3.8, 4) is 5.69 Å². The third kappa shape index (κ3) is 3.91. The summed E-state index contributed by atoms with van der Waals surface area (Å²) in [7, 11) is 0. The zero-order valence-corrected chi connectivity index (χ0v) is 15.3. The molecule has 26 heavy (non-hydrogen) atoms. The number of piperidine rings is 1. The fourth-order valence-electron chi connectivity index (χ4n) is 4.03. The molecule has 6 heteroatoms. The van der Waals surface area contributed by atoms with Crippen molar-refractivity contribution in [2.24, 2.45) is 5.92 Å². The molecule has 3 heterocycles. The summed E-state index contributed by atoms with van der Waals surface area (Å²) >= 11 is 0. The Hall–Kier alpha value is -1.92. The first-order chi connectivity index (χ1) is 12.8. The highest BCUT2D eigenvalue weighted by molar-refractivity contribution is 5.32. The van der Waals surface area contributed by atoms with Crippen LogP contribution in [0, 0.1) is 5.92 Å². The lowest BCUT2D eigenvalue weighted by Gasteiger charge is -2.22. The van der Waals surface area contributed by atoms with Gasteiger partial charge in [0.25, 0.3) is 0 Å². The first kappa shape index (κ1) is 17.5. The fourth-order valence-corrected chi connectivity index (χ4v) is 4.03. The van der Waals surface area contributed by atoms with E-state index in [0.29, 0.717) is 12.5 Å². The molecule has 2 aliphatic heterocycles. The second-order valence-electron chi connectivity index (χ2n) is 7.44. The van der Waals surface area contributed by atoms with Gasteiger partial charge in [-0.3, -0.25) is 0 Å². The predicted molar refractivity (Wildman–Crippen MR) is 101 cm³/mol. The Morgan fingerprint density at radius 3 is 2.65 bits per heavy atom. The summed E-state index contributed by atoms with van der Waals surface area (Å²) in [5.41, 5.74) is 0.853. The minimum absolute atomic E-state index is 0.0469. The Labute approximate surface area is 154 Å². The Morgan fingerprint density at radius 1 is 1.12 bits per heavy atom. The molecular weight excluding hydrogens is 328 g/mol. The average Bonchev–Trinajstić information content (AvgIpc) is 2.99. The van der Waals surface area contributed by atoms with E-state index < -0.39 is 0 Å². The van der Waals surface area contributed by atoms with Crippen LogP contribution >= 0.6 is 0 Å². The molecule has 1 N–H and O–H groups in total. The van der Waals surface area contributed by atoms with Crippen LogP contribution in [-0.4, -0.2) is 40.1 Å². The molecule has 0 spiro atoms. The topological polar surface area (TPSA) is 61.1 Å². The summed E-state index contributed by atoms with van der Waals surface area (Å²) in [5, 5.41) is 8.15. The number of nitrogens with zero attached hydrogens (tertiary/aromatic N) is 3. The van der Waals surface area contributed by atoms with E-state index in [4.69, 9.17) is 9.84 Å². The molecule has 0 unspecified atom stereocenters. The number of hydrogen-bond donors (Lipinski definition) is 1. The van der Waals surface area contributed by atoms with Crippen molar-refractivity contribution in [2.75, 3.05) is 19.7 Å². The summed E-state index contributed by atoms with van der Waals surface area (Å²) in [6, 6.07) is 9.88. The van der Waals surface area contributed by atoms with E-state index in [1.807, 2.05) is 30.3 Å². The van der Waals surface area contributed by atoms with Crippen LogP contribution in [0.3, 0.4) is 0 Å². The van der Waals surface area contributed by atoms with Crippen LogP contribution in [0.25, 0.3) is 5.69 Å². The Kier molecular flexibility index (Phi) is 5.51. The zero-order chi connectivity index (χ0) is 17.8. The molecular formula is C20H28N4O2. The van der Waals surface area contributed by atoms with E-state index in [9.17, 15) is 4.79 Å². The van der Waals surface area contributed by atoms with E-state index in [1.165, 1.54) is 6.42 Å². The quantitative estimate of drug-likeness (QED) is 0.892. The summed E-state index contributed by atoms with van der Waals surface area (Å²) in [6.45, 7) is 3.45. The van der Waals surface area contributed by atoms with Crippen molar-refractivity contribution >= 4 is 0 Å². The van der Waals surface area contributed by atoms with Crippen molar-refractivity contribution in [3.05, 3.63) is 46.6 Å². The number of rotatable bonds is 5. The van der Waals surface area contributed by atoms with Gasteiger partial charge in [-0.1, -0.05) is 18.2 Å². The van der Waals surface area contributed by atoms with E-state index in [2.05, 4.69) is 5.32 Å². The van der Waals surface area contributed by atoms with Crippen molar-refractivity contribution < 1.29 is 4.74 Å².